The van der Waals surface area contributed by atoms with Crippen LogP contribution in [-0.2, 0) is 0 Å². The highest BCUT2D eigenvalue weighted by atomic mass is 16.6. The predicted octanol–water partition coefficient (Wildman–Crippen LogP) is 2.53. The Hall–Kier alpha value is -2.58. The van der Waals surface area contributed by atoms with E-state index >= 15 is 0 Å². The second-order valence-electron chi connectivity index (χ2n) is 3.83. The van der Waals surface area contributed by atoms with E-state index in [-0.39, 0.29) is 11.5 Å². The SMILES string of the molecule is CC(C)c1cc([N+](=O)[O-])c([N+](=O)[O-])cc1[N+](=O)[O-]. The van der Waals surface area contributed by atoms with E-state index in [0.29, 0.717) is 6.07 Å². The molecule has 0 atom stereocenters. The lowest BCUT2D eigenvalue weighted by molar-refractivity contribution is -0.424. The topological polar surface area (TPSA) is 129 Å². The molecule has 0 aliphatic carbocycles. The standard InChI is InChI=1S/C9H9N3O6/c1-5(2)6-3-8(11(15)16)9(12(17)18)4-7(6)10(13)14/h3-5H,1-2H3. The van der Waals surface area contributed by atoms with Crippen molar-refractivity contribution in [2.75, 3.05) is 0 Å². The second-order valence-corrected chi connectivity index (χ2v) is 3.83. The highest BCUT2D eigenvalue weighted by Crippen LogP contribution is 2.37. The maximum Gasteiger partial charge on any atom is 0.352 e. The first-order valence-corrected chi connectivity index (χ1v) is 4.86. The summed E-state index contributed by atoms with van der Waals surface area (Å²) < 4.78 is 0. The van der Waals surface area contributed by atoms with Crippen molar-refractivity contribution in [2.45, 2.75) is 19.8 Å². The summed E-state index contributed by atoms with van der Waals surface area (Å²) in [7, 11) is 0. The van der Waals surface area contributed by atoms with Crippen molar-refractivity contribution in [1.82, 2.24) is 0 Å². The number of benzene rings is 1. The van der Waals surface area contributed by atoms with Gasteiger partial charge in [0.15, 0.2) is 0 Å². The van der Waals surface area contributed by atoms with Crippen LogP contribution in [0.25, 0.3) is 0 Å². The third-order valence-corrected chi connectivity index (χ3v) is 2.34. The summed E-state index contributed by atoms with van der Waals surface area (Å²) in [4.78, 5) is 29.5. The highest BCUT2D eigenvalue weighted by Gasteiger charge is 2.31. The lowest BCUT2D eigenvalue weighted by Crippen LogP contribution is -2.03. The Labute approximate surface area is 100 Å². The van der Waals surface area contributed by atoms with E-state index < -0.39 is 31.8 Å². The molecule has 1 aromatic carbocycles. The van der Waals surface area contributed by atoms with E-state index in [2.05, 4.69) is 0 Å². The molecule has 0 spiro atoms. The quantitative estimate of drug-likeness (QED) is 0.600. The summed E-state index contributed by atoms with van der Waals surface area (Å²) in [6, 6.07) is 1.52. The molecule has 0 radical (unpaired) electrons. The van der Waals surface area contributed by atoms with Gasteiger partial charge in [0.25, 0.3) is 5.69 Å². The van der Waals surface area contributed by atoms with E-state index in [0.717, 1.165) is 6.07 Å². The molecule has 0 amide bonds. The smallest absolute Gasteiger partial charge is 0.258 e. The predicted molar refractivity (Wildman–Crippen MR) is 60.5 cm³/mol. The maximum atomic E-state index is 10.8. The average molecular weight is 255 g/mol. The van der Waals surface area contributed by atoms with Crippen molar-refractivity contribution < 1.29 is 14.8 Å². The van der Waals surface area contributed by atoms with Gasteiger partial charge in [-0.3, -0.25) is 30.3 Å². The molecular weight excluding hydrogens is 246 g/mol. The number of nitro benzene ring substituents is 3. The Bertz CT molecular complexity index is 539. The molecule has 0 aliphatic rings. The lowest BCUT2D eigenvalue weighted by atomic mass is 10.00. The monoisotopic (exact) mass is 255 g/mol. The van der Waals surface area contributed by atoms with Crippen LogP contribution in [0.4, 0.5) is 17.1 Å². The zero-order chi connectivity index (χ0) is 14.0. The number of hydrogen-bond donors (Lipinski definition) is 0. The van der Waals surface area contributed by atoms with E-state index in [1.165, 1.54) is 0 Å². The molecule has 0 aliphatic heterocycles. The third kappa shape index (κ3) is 2.39. The van der Waals surface area contributed by atoms with Gasteiger partial charge in [0.2, 0.25) is 0 Å². The fourth-order valence-corrected chi connectivity index (χ4v) is 1.49. The van der Waals surface area contributed by atoms with E-state index in [4.69, 9.17) is 0 Å². The van der Waals surface area contributed by atoms with Gasteiger partial charge in [0.1, 0.15) is 6.07 Å². The number of nitrogens with zero attached hydrogens (tertiary/aromatic N) is 3. The molecule has 0 aromatic heterocycles. The summed E-state index contributed by atoms with van der Waals surface area (Å²) >= 11 is 0. The fraction of sp³-hybridized carbons (Fsp3) is 0.333. The Morgan fingerprint density at radius 1 is 0.833 bits per heavy atom. The van der Waals surface area contributed by atoms with Crippen LogP contribution >= 0.6 is 0 Å². The van der Waals surface area contributed by atoms with Crippen LogP contribution in [0.2, 0.25) is 0 Å². The van der Waals surface area contributed by atoms with Crippen LogP contribution in [0.3, 0.4) is 0 Å². The Kier molecular flexibility index (Phi) is 3.55. The Morgan fingerprint density at radius 2 is 1.22 bits per heavy atom. The van der Waals surface area contributed by atoms with Crippen molar-refractivity contribution in [3.8, 4) is 0 Å². The Balaban J connectivity index is 3.66. The summed E-state index contributed by atoms with van der Waals surface area (Å²) in [6.45, 7) is 3.22. The van der Waals surface area contributed by atoms with Crippen LogP contribution in [0.15, 0.2) is 12.1 Å². The molecule has 0 saturated carbocycles. The molecule has 0 unspecified atom stereocenters. The second kappa shape index (κ2) is 4.73. The Morgan fingerprint density at radius 3 is 1.56 bits per heavy atom. The molecule has 0 saturated heterocycles. The zero-order valence-corrected chi connectivity index (χ0v) is 9.52. The van der Waals surface area contributed by atoms with Crippen molar-refractivity contribution >= 4 is 17.1 Å². The molecule has 0 fully saturated rings. The summed E-state index contributed by atoms with van der Waals surface area (Å²) in [6.07, 6.45) is 0. The highest BCUT2D eigenvalue weighted by molar-refractivity contribution is 5.62. The minimum absolute atomic E-state index is 0.0947. The first kappa shape index (κ1) is 13.5. The molecule has 0 N–H and O–H groups in total. The molecule has 0 bridgehead atoms. The van der Waals surface area contributed by atoms with Gasteiger partial charge in [-0.05, 0) is 5.92 Å². The lowest BCUT2D eigenvalue weighted by Gasteiger charge is -2.06. The zero-order valence-electron chi connectivity index (χ0n) is 9.52. The molecular formula is C9H9N3O6. The fourth-order valence-electron chi connectivity index (χ4n) is 1.49. The van der Waals surface area contributed by atoms with Crippen LogP contribution in [0.1, 0.15) is 25.3 Å². The molecule has 1 aromatic rings. The van der Waals surface area contributed by atoms with Gasteiger partial charge in [0, 0.05) is 11.6 Å². The summed E-state index contributed by atoms with van der Waals surface area (Å²) in [5.74, 6) is -0.357. The average Bonchev–Trinajstić information content (AvgIpc) is 2.26. The van der Waals surface area contributed by atoms with Crippen LogP contribution in [0, 0.1) is 30.3 Å². The van der Waals surface area contributed by atoms with Crippen LogP contribution in [0.5, 0.6) is 0 Å². The van der Waals surface area contributed by atoms with Crippen molar-refractivity contribution in [3.63, 3.8) is 0 Å². The first-order valence-electron chi connectivity index (χ1n) is 4.86. The van der Waals surface area contributed by atoms with E-state index in [9.17, 15) is 30.3 Å². The van der Waals surface area contributed by atoms with Gasteiger partial charge in [-0.1, -0.05) is 13.8 Å². The summed E-state index contributed by atoms with van der Waals surface area (Å²) in [5.41, 5.74) is -2.01. The largest absolute Gasteiger partial charge is 0.352 e. The third-order valence-electron chi connectivity index (χ3n) is 2.34. The van der Waals surface area contributed by atoms with Gasteiger partial charge in [-0.2, -0.15) is 0 Å². The van der Waals surface area contributed by atoms with E-state index in [1.54, 1.807) is 13.8 Å². The number of nitro groups is 3. The van der Waals surface area contributed by atoms with Crippen LogP contribution in [-0.4, -0.2) is 14.8 Å². The van der Waals surface area contributed by atoms with Crippen LogP contribution < -0.4 is 0 Å². The van der Waals surface area contributed by atoms with E-state index in [1.807, 2.05) is 0 Å². The minimum atomic E-state index is -1.00. The molecule has 1 rings (SSSR count). The normalized spacial score (nSPS) is 10.4. The van der Waals surface area contributed by atoms with Crippen molar-refractivity contribution in [2.24, 2.45) is 0 Å². The van der Waals surface area contributed by atoms with Gasteiger partial charge in [-0.15, -0.1) is 0 Å². The molecule has 9 heteroatoms. The number of rotatable bonds is 4. The number of hydrogen-bond acceptors (Lipinski definition) is 6. The molecule has 0 heterocycles. The van der Waals surface area contributed by atoms with Crippen molar-refractivity contribution in [1.29, 1.82) is 0 Å². The van der Waals surface area contributed by atoms with Gasteiger partial charge >= 0.3 is 11.4 Å². The van der Waals surface area contributed by atoms with Crippen molar-refractivity contribution in [3.05, 3.63) is 48.0 Å². The molecule has 18 heavy (non-hydrogen) atoms. The van der Waals surface area contributed by atoms with Gasteiger partial charge in [0.05, 0.1) is 14.8 Å². The first-order chi connectivity index (χ1) is 8.25. The molecule has 96 valence electrons. The van der Waals surface area contributed by atoms with Gasteiger partial charge in [-0.25, -0.2) is 0 Å². The minimum Gasteiger partial charge on any atom is -0.258 e. The maximum absolute atomic E-state index is 10.8. The molecule has 9 nitrogen and oxygen atoms in total. The summed E-state index contributed by atoms with van der Waals surface area (Å²) in [5, 5.41) is 32.2. The van der Waals surface area contributed by atoms with Gasteiger partial charge < -0.3 is 0 Å².